The number of rotatable bonds is 8. The van der Waals surface area contributed by atoms with Gasteiger partial charge < -0.3 is 14.6 Å². The molecule has 1 aromatic carbocycles. The second-order valence-corrected chi connectivity index (χ2v) is 5.44. The van der Waals surface area contributed by atoms with Crippen molar-refractivity contribution in [3.63, 3.8) is 0 Å². The molecule has 23 heavy (non-hydrogen) atoms. The van der Waals surface area contributed by atoms with E-state index in [2.05, 4.69) is 31.0 Å². The van der Waals surface area contributed by atoms with Crippen LogP contribution in [0, 0.1) is 0 Å². The molecule has 1 N–H and O–H groups in total. The normalized spacial score (nSPS) is 11.7. The minimum Gasteiger partial charge on any atom is -0.460 e. The predicted molar refractivity (Wildman–Crippen MR) is 95.4 cm³/mol. The molecule has 0 fully saturated rings. The first-order chi connectivity index (χ1) is 11.2. The fourth-order valence-corrected chi connectivity index (χ4v) is 2.66. The SMILES string of the molecule is CCc1oc2ccccc2c1/C=C/C(=O)NCCN(CC)CC. The van der Waals surface area contributed by atoms with Crippen LogP contribution >= 0.6 is 0 Å². The van der Waals surface area contributed by atoms with Crippen LogP contribution < -0.4 is 5.32 Å². The molecule has 0 aliphatic rings. The summed E-state index contributed by atoms with van der Waals surface area (Å²) >= 11 is 0. The Morgan fingerprint density at radius 3 is 2.65 bits per heavy atom. The number of furan rings is 1. The average Bonchev–Trinajstić information content (AvgIpc) is 2.94. The van der Waals surface area contributed by atoms with Crippen molar-refractivity contribution in [1.82, 2.24) is 10.2 Å². The van der Waals surface area contributed by atoms with Crippen molar-refractivity contribution >= 4 is 23.0 Å². The molecule has 0 saturated carbocycles. The topological polar surface area (TPSA) is 45.5 Å². The second-order valence-electron chi connectivity index (χ2n) is 5.44. The second kappa shape index (κ2) is 8.53. The first-order valence-corrected chi connectivity index (χ1v) is 8.38. The first-order valence-electron chi connectivity index (χ1n) is 8.38. The summed E-state index contributed by atoms with van der Waals surface area (Å²) in [5.74, 6) is 0.850. The molecule has 0 atom stereocenters. The lowest BCUT2D eigenvalue weighted by Gasteiger charge is -2.17. The molecular formula is C19H26N2O2. The molecule has 0 aliphatic heterocycles. The summed E-state index contributed by atoms with van der Waals surface area (Å²) in [6.45, 7) is 9.85. The van der Waals surface area contributed by atoms with Gasteiger partial charge in [-0.3, -0.25) is 4.79 Å². The number of carbonyl (C=O) groups is 1. The van der Waals surface area contributed by atoms with Gasteiger partial charge in [0.15, 0.2) is 0 Å². The van der Waals surface area contributed by atoms with Crippen LogP contribution in [0.15, 0.2) is 34.8 Å². The summed E-state index contributed by atoms with van der Waals surface area (Å²) in [6.07, 6.45) is 4.26. The van der Waals surface area contributed by atoms with E-state index in [1.807, 2.05) is 30.3 Å². The van der Waals surface area contributed by atoms with Crippen molar-refractivity contribution in [3.05, 3.63) is 41.7 Å². The molecule has 1 amide bonds. The molecule has 1 aromatic heterocycles. The van der Waals surface area contributed by atoms with E-state index in [0.29, 0.717) is 6.54 Å². The van der Waals surface area contributed by atoms with Crippen LogP contribution in [-0.2, 0) is 11.2 Å². The molecule has 2 rings (SSSR count). The summed E-state index contributed by atoms with van der Waals surface area (Å²) in [4.78, 5) is 14.3. The lowest BCUT2D eigenvalue weighted by atomic mass is 10.1. The lowest BCUT2D eigenvalue weighted by Crippen LogP contribution is -2.34. The number of likely N-dealkylation sites (N-methyl/N-ethyl adjacent to an activating group) is 1. The highest BCUT2D eigenvalue weighted by Crippen LogP contribution is 2.27. The summed E-state index contributed by atoms with van der Waals surface area (Å²) in [7, 11) is 0. The number of carbonyl (C=O) groups excluding carboxylic acids is 1. The van der Waals surface area contributed by atoms with E-state index >= 15 is 0 Å². The van der Waals surface area contributed by atoms with Crippen molar-refractivity contribution in [2.24, 2.45) is 0 Å². The van der Waals surface area contributed by atoms with Gasteiger partial charge in [-0.2, -0.15) is 0 Å². The number of fused-ring (bicyclic) bond motifs is 1. The summed E-state index contributed by atoms with van der Waals surface area (Å²) in [6, 6.07) is 7.92. The number of hydrogen-bond donors (Lipinski definition) is 1. The maximum atomic E-state index is 12.0. The van der Waals surface area contributed by atoms with Crippen molar-refractivity contribution in [1.29, 1.82) is 0 Å². The molecule has 0 spiro atoms. The molecule has 0 radical (unpaired) electrons. The van der Waals surface area contributed by atoms with Gasteiger partial charge in [-0.25, -0.2) is 0 Å². The molecule has 0 bridgehead atoms. The smallest absolute Gasteiger partial charge is 0.244 e. The van der Waals surface area contributed by atoms with Crippen LogP contribution in [0.2, 0.25) is 0 Å². The molecule has 124 valence electrons. The zero-order valence-corrected chi connectivity index (χ0v) is 14.3. The fraction of sp³-hybridized carbons (Fsp3) is 0.421. The Balaban J connectivity index is 2.01. The fourth-order valence-electron chi connectivity index (χ4n) is 2.66. The maximum absolute atomic E-state index is 12.0. The summed E-state index contributed by atoms with van der Waals surface area (Å²) in [5.41, 5.74) is 1.87. The number of hydrogen-bond acceptors (Lipinski definition) is 3. The van der Waals surface area contributed by atoms with Crippen LogP contribution in [-0.4, -0.2) is 37.0 Å². The highest BCUT2D eigenvalue weighted by atomic mass is 16.3. The molecule has 2 aromatic rings. The van der Waals surface area contributed by atoms with E-state index < -0.39 is 0 Å². The Bertz CT molecular complexity index is 669. The van der Waals surface area contributed by atoms with Crippen molar-refractivity contribution in [3.8, 4) is 0 Å². The number of amides is 1. The van der Waals surface area contributed by atoms with E-state index in [9.17, 15) is 4.79 Å². The minimum absolute atomic E-state index is 0.0653. The molecule has 0 aliphatic carbocycles. The van der Waals surface area contributed by atoms with Gasteiger partial charge >= 0.3 is 0 Å². The van der Waals surface area contributed by atoms with E-state index in [0.717, 1.165) is 48.3 Å². The largest absolute Gasteiger partial charge is 0.460 e. The number of aryl methyl sites for hydroxylation is 1. The number of nitrogens with one attached hydrogen (secondary N) is 1. The Hall–Kier alpha value is -2.07. The van der Waals surface area contributed by atoms with Crippen LogP contribution in [0.4, 0.5) is 0 Å². The van der Waals surface area contributed by atoms with Crippen LogP contribution in [0.3, 0.4) is 0 Å². The molecular weight excluding hydrogens is 288 g/mol. The van der Waals surface area contributed by atoms with Gasteiger partial charge in [0.05, 0.1) is 0 Å². The third-order valence-corrected chi connectivity index (χ3v) is 4.05. The van der Waals surface area contributed by atoms with Gasteiger partial charge in [0.2, 0.25) is 5.91 Å². The third kappa shape index (κ3) is 4.45. The van der Waals surface area contributed by atoms with E-state index in [-0.39, 0.29) is 5.91 Å². The molecule has 0 saturated heterocycles. The van der Waals surface area contributed by atoms with Crippen molar-refractivity contribution < 1.29 is 9.21 Å². The average molecular weight is 314 g/mol. The van der Waals surface area contributed by atoms with Gasteiger partial charge in [0.1, 0.15) is 11.3 Å². The van der Waals surface area contributed by atoms with Gasteiger partial charge in [-0.05, 0) is 25.2 Å². The molecule has 0 unspecified atom stereocenters. The van der Waals surface area contributed by atoms with Gasteiger partial charge in [0.25, 0.3) is 0 Å². The number of nitrogens with zero attached hydrogens (tertiary/aromatic N) is 1. The quantitative estimate of drug-likeness (QED) is 0.759. The van der Waals surface area contributed by atoms with Gasteiger partial charge in [-0.1, -0.05) is 39.0 Å². The van der Waals surface area contributed by atoms with E-state index in [1.165, 1.54) is 0 Å². The highest BCUT2D eigenvalue weighted by Gasteiger charge is 2.10. The molecule has 4 heteroatoms. The Morgan fingerprint density at radius 2 is 1.96 bits per heavy atom. The zero-order chi connectivity index (χ0) is 16.7. The van der Waals surface area contributed by atoms with Crippen LogP contribution in [0.1, 0.15) is 32.1 Å². The standard InChI is InChI=1S/C19H26N2O2/c1-4-17-16(15-9-7-8-10-18(15)23-17)11-12-19(22)20-13-14-21(5-2)6-3/h7-12H,4-6,13-14H2,1-3H3,(H,20,22)/b12-11+. The summed E-state index contributed by atoms with van der Waals surface area (Å²) in [5, 5.41) is 3.98. The highest BCUT2D eigenvalue weighted by molar-refractivity contribution is 5.96. The Kier molecular flexibility index (Phi) is 6.41. The zero-order valence-electron chi connectivity index (χ0n) is 14.3. The lowest BCUT2D eigenvalue weighted by molar-refractivity contribution is -0.116. The number of para-hydroxylation sites is 1. The van der Waals surface area contributed by atoms with E-state index in [1.54, 1.807) is 6.08 Å². The summed E-state index contributed by atoms with van der Waals surface area (Å²) < 4.78 is 5.83. The van der Waals surface area contributed by atoms with Crippen LogP contribution in [0.25, 0.3) is 17.0 Å². The maximum Gasteiger partial charge on any atom is 0.244 e. The predicted octanol–water partition coefficient (Wildman–Crippen LogP) is 3.47. The molecule has 4 nitrogen and oxygen atoms in total. The van der Waals surface area contributed by atoms with Gasteiger partial charge in [-0.15, -0.1) is 0 Å². The first kappa shape index (κ1) is 17.3. The Labute approximate surface area is 138 Å². The van der Waals surface area contributed by atoms with E-state index in [4.69, 9.17) is 4.42 Å². The third-order valence-electron chi connectivity index (χ3n) is 4.05. The minimum atomic E-state index is -0.0653. The monoisotopic (exact) mass is 314 g/mol. The Morgan fingerprint density at radius 1 is 1.22 bits per heavy atom. The van der Waals surface area contributed by atoms with Crippen molar-refractivity contribution in [2.45, 2.75) is 27.2 Å². The van der Waals surface area contributed by atoms with Gasteiger partial charge in [0, 0.05) is 36.5 Å². The number of benzene rings is 1. The van der Waals surface area contributed by atoms with Crippen LogP contribution in [0.5, 0.6) is 0 Å². The molecule has 1 heterocycles. The van der Waals surface area contributed by atoms with Crippen molar-refractivity contribution in [2.75, 3.05) is 26.2 Å².